The van der Waals surface area contributed by atoms with Crippen molar-refractivity contribution in [3.63, 3.8) is 0 Å². The molecule has 2 fully saturated rings. The predicted molar refractivity (Wildman–Crippen MR) is 172 cm³/mol. The average molecular weight is 735 g/mol. The maximum absolute atomic E-state index is 13.9. The Morgan fingerprint density at radius 1 is 1.02 bits per heavy atom. The molecule has 0 atom stereocenters. The van der Waals surface area contributed by atoms with Crippen molar-refractivity contribution in [3.05, 3.63) is 70.9 Å². The summed E-state index contributed by atoms with van der Waals surface area (Å²) < 4.78 is 57.0. The molecule has 0 aliphatic carbocycles. The van der Waals surface area contributed by atoms with Gasteiger partial charge in [0.1, 0.15) is 0 Å². The largest absolute Gasteiger partial charge is 0.483 e. The first-order valence-corrected chi connectivity index (χ1v) is 15.8. The number of aromatic nitrogens is 6. The highest BCUT2D eigenvalue weighted by Gasteiger charge is 2.39. The molecule has 2 saturated heterocycles. The minimum absolute atomic E-state index is 0.00217. The predicted octanol–water partition coefficient (Wildman–Crippen LogP) is 3.11. The number of piperazine rings is 1. The third kappa shape index (κ3) is 8.31. The van der Waals surface area contributed by atoms with Crippen LogP contribution in [0.3, 0.4) is 0 Å². The molecule has 270 valence electrons. The molecular weight excluding hydrogens is 704 g/mol. The van der Waals surface area contributed by atoms with E-state index in [0.29, 0.717) is 26.2 Å². The molecule has 15 nitrogen and oxygen atoms in total. The Morgan fingerprint density at radius 3 is 2.25 bits per heavy atom. The van der Waals surface area contributed by atoms with Crippen LogP contribution in [-0.4, -0.2) is 108 Å². The number of carbonyl (C=O) groups excluding carboxylic acids is 3. The first kappa shape index (κ1) is 36.8. The molecule has 5 heterocycles. The van der Waals surface area contributed by atoms with Crippen LogP contribution in [0.15, 0.2) is 43.0 Å². The zero-order valence-electron chi connectivity index (χ0n) is 26.9. The maximum atomic E-state index is 13.9. The van der Waals surface area contributed by atoms with Crippen LogP contribution in [0.2, 0.25) is 5.02 Å². The van der Waals surface area contributed by atoms with E-state index < -0.39 is 29.2 Å². The van der Waals surface area contributed by atoms with E-state index in [1.165, 1.54) is 25.2 Å². The minimum Gasteiger partial charge on any atom is -0.483 e. The summed E-state index contributed by atoms with van der Waals surface area (Å²) in [6.45, 7) is 2.96. The molecule has 0 unspecified atom stereocenters. The molecule has 2 aliphatic heterocycles. The molecule has 3 N–H and O–H groups in total. The molecule has 0 bridgehead atoms. The van der Waals surface area contributed by atoms with Crippen molar-refractivity contribution in [2.24, 2.45) is 13.0 Å². The molecule has 0 radical (unpaired) electrons. The normalized spacial score (nSPS) is 15.2. The van der Waals surface area contributed by atoms with E-state index in [1.807, 2.05) is 0 Å². The molecule has 6 rings (SSSR count). The molecule has 3 amide bonds. The Hall–Kier alpha value is -5.43. The quantitative estimate of drug-likeness (QED) is 0.197. The third-order valence-corrected chi connectivity index (χ3v) is 8.60. The van der Waals surface area contributed by atoms with Gasteiger partial charge in [0.2, 0.25) is 5.91 Å². The topological polar surface area (TPSA) is 180 Å². The maximum Gasteiger partial charge on any atom is 0.435 e. The fourth-order valence-corrected chi connectivity index (χ4v) is 6.01. The summed E-state index contributed by atoms with van der Waals surface area (Å²) in [6.07, 6.45) is 0.398. The molecule has 0 spiro atoms. The Morgan fingerprint density at radius 2 is 1.65 bits per heavy atom. The number of nitrogens with one attached hydrogen (secondary N) is 2. The van der Waals surface area contributed by atoms with Crippen molar-refractivity contribution >= 4 is 41.5 Å². The number of hydrogen-bond acceptors (Lipinski definition) is 9. The number of imidazole rings is 1. The highest BCUT2D eigenvalue weighted by Crippen LogP contribution is 2.36. The molecule has 20 heteroatoms. The fraction of sp³-hybridized carbons (Fsp3) is 0.355. The monoisotopic (exact) mass is 734 g/mol. The van der Waals surface area contributed by atoms with Crippen molar-refractivity contribution < 1.29 is 41.8 Å². The van der Waals surface area contributed by atoms with Crippen molar-refractivity contribution in [2.45, 2.75) is 19.0 Å². The van der Waals surface area contributed by atoms with Crippen LogP contribution in [0, 0.1) is 11.7 Å². The van der Waals surface area contributed by atoms with Crippen LogP contribution < -0.4 is 10.6 Å². The van der Waals surface area contributed by atoms with Crippen molar-refractivity contribution in [3.8, 4) is 17.2 Å². The first-order valence-electron chi connectivity index (χ1n) is 15.5. The van der Waals surface area contributed by atoms with Gasteiger partial charge in [0.05, 0.1) is 40.4 Å². The second kappa shape index (κ2) is 15.6. The summed E-state index contributed by atoms with van der Waals surface area (Å²) in [6, 6.07) is 4.34. The minimum atomic E-state index is -4.89. The van der Waals surface area contributed by atoms with E-state index >= 15 is 0 Å². The van der Waals surface area contributed by atoms with Crippen LogP contribution in [0.1, 0.15) is 39.5 Å². The number of hydrogen-bond donors (Lipinski definition) is 3. The van der Waals surface area contributed by atoms with E-state index in [-0.39, 0.29) is 57.9 Å². The number of benzene rings is 1. The lowest BCUT2D eigenvalue weighted by Gasteiger charge is -2.37. The van der Waals surface area contributed by atoms with E-state index in [0.717, 1.165) is 60.0 Å². The first-order chi connectivity index (χ1) is 24.3. The van der Waals surface area contributed by atoms with Crippen LogP contribution in [0.25, 0.3) is 17.2 Å². The Bertz CT molecular complexity index is 1900. The highest BCUT2D eigenvalue weighted by atomic mass is 35.5. The standard InChI is InChI=1S/C30H29ClF4N10O3.CH2O2/c1-42-23(21-16-45(41-24(21)30(33,34)35)29-38-13-18(32)14-39-29)15-37-25(42)26(46)40-19-2-3-20(22(31)12-19)28(48)44-10-8-43(9-11-44)27(47)17-4-6-36-7-5-17;2-1-3/h2-3,12-17,36H,4-11H2,1H3,(H,40,46);1H,(H,2,3). The SMILES string of the molecule is Cn1c(-c2cn(-c3ncc(F)cn3)nc2C(F)(F)F)cnc1C(=O)Nc1ccc(C(=O)N2CCN(C(=O)C3CCNCC3)CC2)c(Cl)c1.O=CO. The number of rotatable bonds is 6. The second-order valence-corrected chi connectivity index (χ2v) is 11.9. The highest BCUT2D eigenvalue weighted by molar-refractivity contribution is 6.34. The molecule has 4 aromatic rings. The van der Waals surface area contributed by atoms with E-state index in [2.05, 4.69) is 30.7 Å². The second-order valence-electron chi connectivity index (χ2n) is 11.5. The van der Waals surface area contributed by atoms with Gasteiger partial charge >= 0.3 is 6.18 Å². The molecular formula is C31H31ClF4N10O5. The lowest BCUT2D eigenvalue weighted by molar-refractivity contribution is -0.141. The Kier molecular flexibility index (Phi) is 11.3. The Balaban J connectivity index is 0.00000162. The van der Waals surface area contributed by atoms with Crippen molar-refractivity contribution in [1.29, 1.82) is 0 Å². The van der Waals surface area contributed by atoms with Crippen molar-refractivity contribution in [2.75, 3.05) is 44.6 Å². The summed E-state index contributed by atoms with van der Waals surface area (Å²) >= 11 is 6.45. The summed E-state index contributed by atoms with van der Waals surface area (Å²) in [5, 5.41) is 16.4. The number of amides is 3. The van der Waals surface area contributed by atoms with Gasteiger partial charge in [0.15, 0.2) is 17.3 Å². The number of halogens is 5. The summed E-state index contributed by atoms with van der Waals surface area (Å²) in [5.74, 6) is -2.24. The van der Waals surface area contributed by atoms with Gasteiger partial charge in [-0.3, -0.25) is 19.2 Å². The molecule has 51 heavy (non-hydrogen) atoms. The van der Waals surface area contributed by atoms with Crippen LogP contribution >= 0.6 is 11.6 Å². The van der Waals surface area contributed by atoms with Gasteiger partial charge in [0, 0.05) is 51.0 Å². The number of alkyl halides is 3. The molecule has 1 aromatic carbocycles. The van der Waals surface area contributed by atoms with Gasteiger partial charge in [-0.25, -0.2) is 24.0 Å². The van der Waals surface area contributed by atoms with Gasteiger partial charge in [0.25, 0.3) is 24.2 Å². The lowest BCUT2D eigenvalue weighted by atomic mass is 9.96. The van der Waals surface area contributed by atoms with Crippen LogP contribution in [-0.2, 0) is 22.8 Å². The van der Waals surface area contributed by atoms with E-state index in [9.17, 15) is 31.9 Å². The van der Waals surface area contributed by atoms with E-state index in [4.69, 9.17) is 21.5 Å². The Labute approximate surface area is 292 Å². The molecule has 3 aromatic heterocycles. The number of carbonyl (C=O) groups is 4. The summed E-state index contributed by atoms with van der Waals surface area (Å²) in [4.78, 5) is 62.4. The van der Waals surface area contributed by atoms with Crippen LogP contribution in [0.5, 0.6) is 0 Å². The molecule has 2 aliphatic rings. The molecule has 0 saturated carbocycles. The zero-order chi connectivity index (χ0) is 36.9. The number of anilines is 1. The fourth-order valence-electron chi connectivity index (χ4n) is 5.75. The number of nitrogens with zero attached hydrogens (tertiary/aromatic N) is 8. The van der Waals surface area contributed by atoms with Crippen LogP contribution in [0.4, 0.5) is 23.2 Å². The summed E-state index contributed by atoms with van der Waals surface area (Å²) in [5.41, 5.74) is -1.34. The van der Waals surface area contributed by atoms with Gasteiger partial charge in [-0.05, 0) is 44.1 Å². The van der Waals surface area contributed by atoms with Gasteiger partial charge in [-0.1, -0.05) is 11.6 Å². The zero-order valence-corrected chi connectivity index (χ0v) is 27.7. The lowest BCUT2D eigenvalue weighted by Crippen LogP contribution is -2.52. The van der Waals surface area contributed by atoms with Gasteiger partial charge in [-0.15, -0.1) is 0 Å². The van der Waals surface area contributed by atoms with E-state index in [1.54, 1.807) is 9.80 Å². The number of carboxylic acid groups (broad SMARTS) is 1. The average Bonchev–Trinajstić information content (AvgIpc) is 3.73. The van der Waals surface area contributed by atoms with Gasteiger partial charge in [-0.2, -0.15) is 18.3 Å². The van der Waals surface area contributed by atoms with Gasteiger partial charge < -0.3 is 30.1 Å². The number of piperidine rings is 1. The third-order valence-electron chi connectivity index (χ3n) is 8.29. The van der Waals surface area contributed by atoms with Crippen molar-refractivity contribution in [1.82, 2.24) is 44.4 Å². The smallest absolute Gasteiger partial charge is 0.435 e. The summed E-state index contributed by atoms with van der Waals surface area (Å²) in [7, 11) is 1.36.